The van der Waals surface area contributed by atoms with Crippen LogP contribution in [0.2, 0.25) is 0 Å². The van der Waals surface area contributed by atoms with Gasteiger partial charge in [-0.15, -0.1) is 0 Å². The summed E-state index contributed by atoms with van der Waals surface area (Å²) in [7, 11) is 3.34. The molecule has 0 saturated heterocycles. The van der Waals surface area contributed by atoms with E-state index in [9.17, 15) is 4.79 Å². The van der Waals surface area contributed by atoms with Crippen LogP contribution in [0.15, 0.2) is 12.2 Å². The van der Waals surface area contributed by atoms with E-state index < -0.39 is 0 Å². The SMILES string of the molecule is CCCCCCCCCCCCCC(C/C=C/CCC(=O)NC(CO)COC)OC. The van der Waals surface area contributed by atoms with Gasteiger partial charge in [-0.3, -0.25) is 4.79 Å². The summed E-state index contributed by atoms with van der Waals surface area (Å²) in [5, 5.41) is 11.9. The fourth-order valence-electron chi connectivity index (χ4n) is 3.59. The maximum atomic E-state index is 11.8. The van der Waals surface area contributed by atoms with E-state index in [0.717, 1.165) is 12.8 Å². The fourth-order valence-corrected chi connectivity index (χ4v) is 3.59. The number of ether oxygens (including phenoxy) is 2. The lowest BCUT2D eigenvalue weighted by atomic mass is 10.0. The molecule has 0 heterocycles. The highest BCUT2D eigenvalue weighted by Crippen LogP contribution is 2.14. The maximum Gasteiger partial charge on any atom is 0.220 e. The first-order valence-electron chi connectivity index (χ1n) is 12.2. The van der Waals surface area contributed by atoms with Crippen molar-refractivity contribution < 1.29 is 19.4 Å². The molecule has 0 aromatic carbocycles. The van der Waals surface area contributed by atoms with Crippen molar-refractivity contribution in [3.8, 4) is 0 Å². The summed E-state index contributed by atoms with van der Waals surface area (Å²) in [6, 6.07) is -0.324. The number of unbranched alkanes of at least 4 members (excludes halogenated alkanes) is 10. The molecular weight excluding hydrogens is 378 g/mol. The Morgan fingerprint density at radius 2 is 1.53 bits per heavy atom. The van der Waals surface area contributed by atoms with Crippen molar-refractivity contribution in [3.05, 3.63) is 12.2 Å². The van der Waals surface area contributed by atoms with Crippen molar-refractivity contribution in [3.63, 3.8) is 0 Å². The van der Waals surface area contributed by atoms with Crippen LogP contribution in [0.3, 0.4) is 0 Å². The minimum absolute atomic E-state index is 0.0556. The van der Waals surface area contributed by atoms with Crippen LogP contribution in [0.1, 0.15) is 103 Å². The van der Waals surface area contributed by atoms with Gasteiger partial charge >= 0.3 is 0 Å². The van der Waals surface area contributed by atoms with E-state index in [4.69, 9.17) is 14.6 Å². The lowest BCUT2D eigenvalue weighted by Gasteiger charge is -2.14. The average molecular weight is 428 g/mol. The molecular formula is C25H49NO4. The highest BCUT2D eigenvalue weighted by Gasteiger charge is 2.10. The van der Waals surface area contributed by atoms with Crippen molar-refractivity contribution in [1.29, 1.82) is 0 Å². The van der Waals surface area contributed by atoms with E-state index in [-0.39, 0.29) is 24.7 Å². The lowest BCUT2D eigenvalue weighted by Crippen LogP contribution is -2.40. The van der Waals surface area contributed by atoms with Gasteiger partial charge in [-0.1, -0.05) is 89.7 Å². The molecule has 0 aromatic heterocycles. The summed E-state index contributed by atoms with van der Waals surface area (Å²) < 4.78 is 10.5. The Balaban J connectivity index is 3.63. The summed E-state index contributed by atoms with van der Waals surface area (Å²) in [5.41, 5.74) is 0. The molecule has 5 heteroatoms. The molecule has 2 atom stereocenters. The first kappa shape index (κ1) is 29.1. The first-order chi connectivity index (χ1) is 14.7. The smallest absolute Gasteiger partial charge is 0.220 e. The van der Waals surface area contributed by atoms with Gasteiger partial charge in [0.1, 0.15) is 0 Å². The van der Waals surface area contributed by atoms with E-state index in [1.165, 1.54) is 70.6 Å². The average Bonchev–Trinajstić information content (AvgIpc) is 2.75. The van der Waals surface area contributed by atoms with Gasteiger partial charge < -0.3 is 19.9 Å². The van der Waals surface area contributed by atoms with Crippen molar-refractivity contribution >= 4 is 5.91 Å². The standard InChI is InChI=1S/C25H49NO4/c1-4-5-6-7-8-9-10-11-12-13-15-18-24(30-3)19-16-14-17-20-25(28)26-23(21-27)22-29-2/h14,16,23-24,27H,4-13,15,17-22H2,1-3H3,(H,26,28)/b16-14+. The van der Waals surface area contributed by atoms with Gasteiger partial charge in [0.25, 0.3) is 0 Å². The number of carbonyl (C=O) groups is 1. The Morgan fingerprint density at radius 1 is 0.933 bits per heavy atom. The van der Waals surface area contributed by atoms with Crippen LogP contribution in [0.25, 0.3) is 0 Å². The molecule has 178 valence electrons. The maximum absolute atomic E-state index is 11.8. The number of aliphatic hydroxyl groups excluding tert-OH is 1. The number of carbonyl (C=O) groups excluding carboxylic acids is 1. The molecule has 0 fully saturated rings. The van der Waals surface area contributed by atoms with Gasteiger partial charge in [-0.2, -0.15) is 0 Å². The molecule has 5 nitrogen and oxygen atoms in total. The van der Waals surface area contributed by atoms with Crippen LogP contribution in [0, 0.1) is 0 Å². The molecule has 0 spiro atoms. The quantitative estimate of drug-likeness (QED) is 0.175. The normalized spacial score (nSPS) is 13.6. The number of hydrogen-bond acceptors (Lipinski definition) is 4. The Bertz CT molecular complexity index is 401. The Hall–Kier alpha value is -0.910. The zero-order valence-electron chi connectivity index (χ0n) is 20.0. The summed E-state index contributed by atoms with van der Waals surface area (Å²) >= 11 is 0. The van der Waals surface area contributed by atoms with Gasteiger partial charge in [-0.05, 0) is 19.3 Å². The molecule has 1 amide bonds. The summed E-state index contributed by atoms with van der Waals surface area (Å²) in [5.74, 6) is -0.0556. The monoisotopic (exact) mass is 427 g/mol. The third kappa shape index (κ3) is 19.1. The third-order valence-corrected chi connectivity index (χ3v) is 5.52. The largest absolute Gasteiger partial charge is 0.394 e. The second kappa shape index (κ2) is 22.8. The molecule has 0 aromatic rings. The number of methoxy groups -OCH3 is 2. The summed E-state index contributed by atoms with van der Waals surface area (Å²) in [4.78, 5) is 11.8. The van der Waals surface area contributed by atoms with Crippen LogP contribution in [-0.4, -0.2) is 50.6 Å². The van der Waals surface area contributed by atoms with Crippen LogP contribution < -0.4 is 5.32 Å². The first-order valence-corrected chi connectivity index (χ1v) is 12.2. The minimum Gasteiger partial charge on any atom is -0.394 e. The van der Waals surface area contributed by atoms with Crippen molar-refractivity contribution in [2.75, 3.05) is 27.4 Å². The van der Waals surface area contributed by atoms with Crippen molar-refractivity contribution in [2.24, 2.45) is 0 Å². The molecule has 0 radical (unpaired) electrons. The van der Waals surface area contributed by atoms with Crippen LogP contribution in [0.4, 0.5) is 0 Å². The van der Waals surface area contributed by atoms with Gasteiger partial charge in [0.05, 0.1) is 25.4 Å². The topological polar surface area (TPSA) is 67.8 Å². The van der Waals surface area contributed by atoms with Gasteiger partial charge in [0.2, 0.25) is 5.91 Å². The number of nitrogens with one attached hydrogen (secondary N) is 1. The summed E-state index contributed by atoms with van der Waals surface area (Å²) in [6.07, 6.45) is 22.6. The molecule has 2 N–H and O–H groups in total. The van der Waals surface area contributed by atoms with Crippen LogP contribution in [0.5, 0.6) is 0 Å². The highest BCUT2D eigenvalue weighted by molar-refractivity contribution is 5.76. The van der Waals surface area contributed by atoms with E-state index in [1.54, 1.807) is 14.2 Å². The van der Waals surface area contributed by atoms with E-state index in [1.807, 2.05) is 0 Å². The molecule has 0 bridgehead atoms. The van der Waals surface area contributed by atoms with Gasteiger partial charge in [-0.25, -0.2) is 0 Å². The Labute approximate surface area is 186 Å². The Kier molecular flexibility index (Phi) is 22.1. The molecule has 0 aliphatic carbocycles. The molecule has 30 heavy (non-hydrogen) atoms. The van der Waals surface area contributed by atoms with E-state index >= 15 is 0 Å². The van der Waals surface area contributed by atoms with Gasteiger partial charge in [0.15, 0.2) is 0 Å². The summed E-state index contributed by atoms with van der Waals surface area (Å²) in [6.45, 7) is 2.49. The minimum atomic E-state index is -0.324. The van der Waals surface area contributed by atoms with Crippen LogP contribution in [-0.2, 0) is 14.3 Å². The fraction of sp³-hybridized carbons (Fsp3) is 0.880. The molecule has 0 aliphatic heterocycles. The lowest BCUT2D eigenvalue weighted by molar-refractivity contribution is -0.122. The zero-order valence-corrected chi connectivity index (χ0v) is 20.0. The van der Waals surface area contributed by atoms with Crippen LogP contribution >= 0.6 is 0 Å². The second-order valence-electron chi connectivity index (χ2n) is 8.33. The Morgan fingerprint density at radius 3 is 2.07 bits per heavy atom. The number of allylic oxidation sites excluding steroid dienone is 1. The number of hydrogen-bond donors (Lipinski definition) is 2. The van der Waals surface area contributed by atoms with Crippen molar-refractivity contribution in [2.45, 2.75) is 115 Å². The molecule has 0 aliphatic rings. The van der Waals surface area contributed by atoms with Crippen molar-refractivity contribution in [1.82, 2.24) is 5.32 Å². The van der Waals surface area contributed by atoms with Gasteiger partial charge in [0, 0.05) is 20.6 Å². The number of rotatable bonds is 22. The number of amides is 1. The van der Waals surface area contributed by atoms with E-state index in [0.29, 0.717) is 19.4 Å². The predicted octanol–water partition coefficient (Wildman–Crippen LogP) is 5.55. The van der Waals surface area contributed by atoms with E-state index in [2.05, 4.69) is 24.4 Å². The molecule has 2 unspecified atom stereocenters. The second-order valence-corrected chi connectivity index (χ2v) is 8.33. The predicted molar refractivity (Wildman–Crippen MR) is 126 cm³/mol. The number of aliphatic hydroxyl groups is 1. The third-order valence-electron chi connectivity index (χ3n) is 5.52. The highest BCUT2D eigenvalue weighted by atomic mass is 16.5. The molecule has 0 saturated carbocycles. The zero-order chi connectivity index (χ0) is 22.3. The molecule has 0 rings (SSSR count).